The van der Waals surface area contributed by atoms with Gasteiger partial charge in [-0.05, 0) is 6.92 Å². The largest absolute Gasteiger partial charge is 0.382 e. The average molecular weight is 201 g/mol. The first kappa shape index (κ1) is 9.43. The molecule has 0 saturated heterocycles. The molecule has 3 nitrogen and oxygen atoms in total. The number of hydrogen-bond donors (Lipinski definition) is 1. The van der Waals surface area contributed by atoms with Crippen molar-refractivity contribution in [2.45, 2.75) is 32.7 Å². The average Bonchev–Trinajstić information content (AvgIpc) is 2.29. The lowest BCUT2D eigenvalue weighted by Crippen LogP contribution is -2.15. The van der Waals surface area contributed by atoms with Gasteiger partial charge in [-0.2, -0.15) is 5.10 Å². The lowest BCUT2D eigenvalue weighted by molar-refractivity contribution is 0.0623. The van der Waals surface area contributed by atoms with Crippen LogP contribution in [0.4, 0.5) is 14.6 Å². The van der Waals surface area contributed by atoms with Gasteiger partial charge in [0, 0.05) is 18.2 Å². The summed E-state index contributed by atoms with van der Waals surface area (Å²) in [6.07, 6.45) is 1.65. The molecule has 5 heteroatoms. The first-order valence-electron chi connectivity index (χ1n) is 4.51. The van der Waals surface area contributed by atoms with Crippen molar-refractivity contribution in [2.24, 2.45) is 5.41 Å². The Morgan fingerprint density at radius 2 is 2.21 bits per heavy atom. The van der Waals surface area contributed by atoms with Crippen LogP contribution in [0.3, 0.4) is 0 Å². The van der Waals surface area contributed by atoms with Gasteiger partial charge in [-0.25, -0.2) is 8.78 Å². The Morgan fingerprint density at radius 1 is 1.64 bits per heavy atom. The molecular weight excluding hydrogens is 188 g/mol. The van der Waals surface area contributed by atoms with E-state index < -0.39 is 11.3 Å². The molecule has 0 bridgehead atoms. The highest BCUT2D eigenvalue weighted by atomic mass is 19.3. The number of anilines is 1. The lowest BCUT2D eigenvalue weighted by Gasteiger charge is -2.09. The van der Waals surface area contributed by atoms with Crippen LogP contribution in [0.1, 0.15) is 18.9 Å². The first-order valence-corrected chi connectivity index (χ1v) is 4.51. The van der Waals surface area contributed by atoms with E-state index in [9.17, 15) is 8.78 Å². The van der Waals surface area contributed by atoms with Crippen molar-refractivity contribution in [1.82, 2.24) is 9.78 Å². The number of hydrogen-bond acceptors (Lipinski definition) is 2. The number of aromatic nitrogens is 2. The number of rotatable bonds is 2. The minimum atomic E-state index is -2.54. The summed E-state index contributed by atoms with van der Waals surface area (Å²) >= 11 is 0. The second-order valence-electron chi connectivity index (χ2n) is 4.34. The zero-order valence-corrected chi connectivity index (χ0v) is 8.22. The van der Waals surface area contributed by atoms with Crippen LogP contribution >= 0.6 is 0 Å². The van der Waals surface area contributed by atoms with E-state index in [1.807, 2.05) is 6.92 Å². The maximum atomic E-state index is 12.9. The molecular formula is C9H13F2N3. The van der Waals surface area contributed by atoms with Crippen LogP contribution in [0.5, 0.6) is 0 Å². The second kappa shape index (κ2) is 2.46. The van der Waals surface area contributed by atoms with E-state index in [1.54, 1.807) is 13.1 Å². The van der Waals surface area contributed by atoms with Crippen molar-refractivity contribution in [2.75, 3.05) is 5.73 Å². The van der Waals surface area contributed by atoms with E-state index in [-0.39, 0.29) is 13.0 Å². The van der Waals surface area contributed by atoms with Gasteiger partial charge >= 0.3 is 0 Å². The summed E-state index contributed by atoms with van der Waals surface area (Å²) in [5.41, 5.74) is 5.43. The van der Waals surface area contributed by atoms with E-state index in [1.165, 1.54) is 4.68 Å². The maximum absolute atomic E-state index is 12.9. The van der Waals surface area contributed by atoms with E-state index in [2.05, 4.69) is 5.10 Å². The first-order chi connectivity index (χ1) is 6.34. The molecule has 1 heterocycles. The fourth-order valence-corrected chi connectivity index (χ4v) is 1.59. The summed E-state index contributed by atoms with van der Waals surface area (Å²) in [4.78, 5) is 0. The van der Waals surface area contributed by atoms with Crippen molar-refractivity contribution in [3.05, 3.63) is 11.8 Å². The molecule has 0 aliphatic heterocycles. The van der Waals surface area contributed by atoms with Gasteiger partial charge in [-0.15, -0.1) is 0 Å². The van der Waals surface area contributed by atoms with Gasteiger partial charge in [0.15, 0.2) is 0 Å². The third-order valence-electron chi connectivity index (χ3n) is 2.86. The van der Waals surface area contributed by atoms with Gasteiger partial charge in [-0.3, -0.25) is 4.68 Å². The van der Waals surface area contributed by atoms with Gasteiger partial charge < -0.3 is 5.73 Å². The Hall–Kier alpha value is -1.13. The molecule has 1 saturated carbocycles. The predicted octanol–water partition coefficient (Wildman–Crippen LogP) is 1.82. The summed E-state index contributed by atoms with van der Waals surface area (Å²) in [6.45, 7) is 3.62. The molecule has 0 radical (unpaired) electrons. The third-order valence-corrected chi connectivity index (χ3v) is 2.86. The zero-order chi connectivity index (χ0) is 10.6. The van der Waals surface area contributed by atoms with Crippen LogP contribution in [-0.4, -0.2) is 15.7 Å². The quantitative estimate of drug-likeness (QED) is 0.793. The number of nitrogens with two attached hydrogens (primary N) is 1. The monoisotopic (exact) mass is 201 g/mol. The van der Waals surface area contributed by atoms with Gasteiger partial charge in [-0.1, -0.05) is 6.92 Å². The Balaban J connectivity index is 2.13. The van der Waals surface area contributed by atoms with Crippen LogP contribution < -0.4 is 5.73 Å². The zero-order valence-electron chi connectivity index (χ0n) is 8.22. The van der Waals surface area contributed by atoms with Crippen molar-refractivity contribution in [3.63, 3.8) is 0 Å². The van der Waals surface area contributed by atoms with Crippen molar-refractivity contribution >= 4 is 5.82 Å². The highest BCUT2D eigenvalue weighted by Crippen LogP contribution is 2.60. The fraction of sp³-hybridized carbons (Fsp3) is 0.667. The highest BCUT2D eigenvalue weighted by Gasteiger charge is 2.67. The van der Waals surface area contributed by atoms with Crippen LogP contribution in [-0.2, 0) is 6.54 Å². The van der Waals surface area contributed by atoms with Gasteiger partial charge in [0.05, 0.1) is 12.0 Å². The summed E-state index contributed by atoms with van der Waals surface area (Å²) in [7, 11) is 0. The fourth-order valence-electron chi connectivity index (χ4n) is 1.59. The molecule has 1 atom stereocenters. The second-order valence-corrected chi connectivity index (χ2v) is 4.34. The summed E-state index contributed by atoms with van der Waals surface area (Å²) in [5, 5.41) is 3.96. The Labute approximate surface area is 80.9 Å². The van der Waals surface area contributed by atoms with Crippen LogP contribution in [0.2, 0.25) is 0 Å². The van der Waals surface area contributed by atoms with E-state index >= 15 is 0 Å². The highest BCUT2D eigenvalue weighted by molar-refractivity contribution is 5.35. The van der Waals surface area contributed by atoms with E-state index in [4.69, 9.17) is 5.73 Å². The molecule has 0 spiro atoms. The lowest BCUT2D eigenvalue weighted by atomic mass is 10.1. The van der Waals surface area contributed by atoms with E-state index in [0.717, 1.165) is 5.56 Å². The molecule has 1 aromatic rings. The molecule has 14 heavy (non-hydrogen) atoms. The SMILES string of the molecule is Cc1cn(CC2(C)CC2(F)F)nc1N. The minimum absolute atomic E-state index is 0.0567. The van der Waals surface area contributed by atoms with Crippen LogP contribution in [0, 0.1) is 12.3 Å². The molecule has 1 aromatic heterocycles. The standard InChI is InChI=1S/C9H13F2N3/c1-6-3-14(13-7(6)12)5-8(2)4-9(8,10)11/h3H,4-5H2,1-2H3,(H2,12,13). The molecule has 78 valence electrons. The van der Waals surface area contributed by atoms with Gasteiger partial charge in [0.2, 0.25) is 0 Å². The van der Waals surface area contributed by atoms with Gasteiger partial charge in [0.25, 0.3) is 5.92 Å². The van der Waals surface area contributed by atoms with Crippen molar-refractivity contribution < 1.29 is 8.78 Å². The van der Waals surface area contributed by atoms with Crippen LogP contribution in [0.25, 0.3) is 0 Å². The summed E-state index contributed by atoms with van der Waals surface area (Å²) in [6, 6.07) is 0. The molecule has 0 aromatic carbocycles. The summed E-state index contributed by atoms with van der Waals surface area (Å²) in [5.74, 6) is -2.13. The Bertz CT molecular complexity index is 353. The maximum Gasteiger partial charge on any atom is 0.256 e. The number of aryl methyl sites for hydroxylation is 1. The number of alkyl halides is 2. The Kier molecular flexibility index (Phi) is 1.66. The third kappa shape index (κ3) is 1.27. The smallest absolute Gasteiger partial charge is 0.256 e. The molecule has 2 rings (SSSR count). The minimum Gasteiger partial charge on any atom is -0.382 e. The molecule has 1 aliphatic rings. The number of nitrogens with zero attached hydrogens (tertiary/aromatic N) is 2. The molecule has 0 amide bonds. The molecule has 2 N–H and O–H groups in total. The molecule has 1 unspecified atom stereocenters. The predicted molar refractivity (Wildman–Crippen MR) is 49.0 cm³/mol. The van der Waals surface area contributed by atoms with E-state index in [0.29, 0.717) is 5.82 Å². The van der Waals surface area contributed by atoms with Crippen LogP contribution in [0.15, 0.2) is 6.20 Å². The summed E-state index contributed by atoms with van der Waals surface area (Å²) < 4.78 is 27.3. The molecule has 1 aliphatic carbocycles. The van der Waals surface area contributed by atoms with Crippen molar-refractivity contribution in [1.29, 1.82) is 0 Å². The Morgan fingerprint density at radius 3 is 2.57 bits per heavy atom. The normalized spacial score (nSPS) is 29.1. The van der Waals surface area contributed by atoms with Gasteiger partial charge in [0.1, 0.15) is 5.82 Å². The number of halogens is 2. The number of nitrogen functional groups attached to an aromatic ring is 1. The topological polar surface area (TPSA) is 43.8 Å². The molecule has 1 fully saturated rings. The van der Waals surface area contributed by atoms with Crippen molar-refractivity contribution in [3.8, 4) is 0 Å².